The van der Waals surface area contributed by atoms with Crippen LogP contribution in [-0.2, 0) is 0 Å². The molecule has 0 bridgehead atoms. The number of rotatable bonds is 2. The smallest absolute Gasteiger partial charge is 0.249 e. The Labute approximate surface area is 98.2 Å². The summed E-state index contributed by atoms with van der Waals surface area (Å²) in [6.07, 6.45) is 1.60. The van der Waals surface area contributed by atoms with E-state index in [1.54, 1.807) is 48.7 Å². The second-order valence-corrected chi connectivity index (χ2v) is 3.27. The van der Waals surface area contributed by atoms with Crippen LogP contribution in [0.15, 0.2) is 59.8 Å². The Morgan fingerprint density at radius 1 is 1.12 bits per heavy atom. The van der Waals surface area contributed by atoms with Gasteiger partial charge in [-0.25, -0.2) is 10.7 Å². The average molecular weight is 227 g/mol. The van der Waals surface area contributed by atoms with Crippen LogP contribution in [0.3, 0.4) is 0 Å². The summed E-state index contributed by atoms with van der Waals surface area (Å²) >= 11 is 0. The number of nitrogens with zero attached hydrogens (tertiary/aromatic N) is 3. The average Bonchev–Trinajstić information content (AvgIpc) is 2.38. The third kappa shape index (κ3) is 2.72. The van der Waals surface area contributed by atoms with Crippen LogP contribution in [0.4, 0.5) is 16.3 Å². The predicted molar refractivity (Wildman–Crippen MR) is 62.3 cm³/mol. The number of primary amides is 1. The standard InChI is InChI=1S/C12H10N4O/c13-12(17)16(10-6-2-1-3-7-10)15-11-8-4-5-9-14-11/h1-9H,(H-,13,17)/p+1. The van der Waals surface area contributed by atoms with Crippen LogP contribution >= 0.6 is 0 Å². The highest BCUT2D eigenvalue weighted by Gasteiger charge is 2.15. The van der Waals surface area contributed by atoms with Crippen LogP contribution in [0.2, 0.25) is 0 Å². The normalized spacial score (nSPS) is 11.2. The molecule has 17 heavy (non-hydrogen) atoms. The molecule has 84 valence electrons. The summed E-state index contributed by atoms with van der Waals surface area (Å²) in [7, 11) is 0. The van der Waals surface area contributed by atoms with Crippen molar-refractivity contribution in [2.45, 2.75) is 0 Å². The van der Waals surface area contributed by atoms with E-state index >= 15 is 0 Å². The summed E-state index contributed by atoms with van der Waals surface area (Å²) in [5.74, 6) is 0.426. The quantitative estimate of drug-likeness (QED) is 0.632. The summed E-state index contributed by atoms with van der Waals surface area (Å²) < 4.78 is 1.11. The van der Waals surface area contributed by atoms with Crippen molar-refractivity contribution in [3.8, 4) is 0 Å². The largest absolute Gasteiger partial charge is 0.515 e. The molecule has 1 aromatic carbocycles. The second-order valence-electron chi connectivity index (χ2n) is 3.27. The van der Waals surface area contributed by atoms with E-state index in [4.69, 9.17) is 5.73 Å². The Kier molecular flexibility index (Phi) is 3.20. The zero-order valence-corrected chi connectivity index (χ0v) is 9.02. The third-order valence-corrected chi connectivity index (χ3v) is 2.06. The summed E-state index contributed by atoms with van der Waals surface area (Å²) in [4.78, 5) is 15.3. The molecule has 2 aromatic rings. The zero-order chi connectivity index (χ0) is 12.1. The number of azo groups is 2. The SMILES string of the molecule is NC(=O)[N+](=Nc1ccccn1)c1ccccc1. The van der Waals surface area contributed by atoms with Crippen LogP contribution in [-0.4, -0.2) is 15.7 Å². The number of pyridine rings is 1. The van der Waals surface area contributed by atoms with Gasteiger partial charge in [0.2, 0.25) is 0 Å². The van der Waals surface area contributed by atoms with Crippen LogP contribution in [0.25, 0.3) is 0 Å². The van der Waals surface area contributed by atoms with Gasteiger partial charge in [0.15, 0.2) is 11.5 Å². The fraction of sp³-hybridized carbons (Fsp3) is 0. The molecule has 1 heterocycles. The van der Waals surface area contributed by atoms with E-state index < -0.39 is 6.03 Å². The number of carbonyl (C=O) groups excluding carboxylic acids is 1. The highest BCUT2D eigenvalue weighted by molar-refractivity contribution is 5.65. The first-order valence-corrected chi connectivity index (χ1v) is 5.04. The number of benzene rings is 1. The van der Waals surface area contributed by atoms with E-state index in [0.717, 1.165) is 4.70 Å². The van der Waals surface area contributed by atoms with Gasteiger partial charge in [-0.1, -0.05) is 34.1 Å². The lowest BCUT2D eigenvalue weighted by atomic mass is 10.3. The molecule has 5 heteroatoms. The number of nitrogens with two attached hydrogens (primary N) is 1. The molecule has 0 radical (unpaired) electrons. The number of urea groups is 1. The molecule has 2 rings (SSSR count). The molecule has 0 aliphatic heterocycles. The molecule has 2 amide bonds. The molecule has 1 aromatic heterocycles. The van der Waals surface area contributed by atoms with Gasteiger partial charge in [0.25, 0.3) is 0 Å². The van der Waals surface area contributed by atoms with E-state index in [0.29, 0.717) is 11.5 Å². The Bertz CT molecular complexity index is 537. The maximum Gasteiger partial charge on any atom is 0.515 e. The number of aromatic nitrogens is 1. The van der Waals surface area contributed by atoms with E-state index in [1.807, 2.05) is 6.07 Å². The van der Waals surface area contributed by atoms with Gasteiger partial charge < -0.3 is 0 Å². The van der Waals surface area contributed by atoms with Crippen molar-refractivity contribution < 1.29 is 9.49 Å². The molecular weight excluding hydrogens is 216 g/mol. The Balaban J connectivity index is 2.44. The van der Waals surface area contributed by atoms with Gasteiger partial charge in [-0.2, -0.15) is 4.79 Å². The van der Waals surface area contributed by atoms with Gasteiger partial charge in [0, 0.05) is 6.20 Å². The topological polar surface area (TPSA) is 71.3 Å². The molecule has 0 saturated carbocycles. The first kappa shape index (κ1) is 10.9. The maximum absolute atomic E-state index is 11.3. The highest BCUT2D eigenvalue weighted by Crippen LogP contribution is 2.15. The molecule has 2 N–H and O–H groups in total. The number of hydrogen-bond donors (Lipinski definition) is 1. The molecule has 0 unspecified atom stereocenters. The lowest BCUT2D eigenvalue weighted by molar-refractivity contribution is -0.404. The van der Waals surface area contributed by atoms with Crippen molar-refractivity contribution in [1.82, 2.24) is 4.98 Å². The van der Waals surface area contributed by atoms with Gasteiger partial charge in [0.05, 0.1) is 0 Å². The zero-order valence-electron chi connectivity index (χ0n) is 9.02. The van der Waals surface area contributed by atoms with Crippen LogP contribution < -0.4 is 5.73 Å². The Morgan fingerprint density at radius 2 is 1.82 bits per heavy atom. The molecule has 0 spiro atoms. The van der Waals surface area contributed by atoms with Crippen molar-refractivity contribution in [3.63, 3.8) is 0 Å². The van der Waals surface area contributed by atoms with Crippen molar-refractivity contribution >= 4 is 17.5 Å². The van der Waals surface area contributed by atoms with Crippen molar-refractivity contribution in [1.29, 1.82) is 0 Å². The number of para-hydroxylation sites is 1. The molecule has 0 atom stereocenters. The number of hydrogen-bond acceptors (Lipinski definition) is 3. The van der Waals surface area contributed by atoms with Crippen LogP contribution in [0.5, 0.6) is 0 Å². The van der Waals surface area contributed by atoms with Gasteiger partial charge in [0.1, 0.15) is 0 Å². The minimum absolute atomic E-state index is 0.426. The van der Waals surface area contributed by atoms with Crippen LogP contribution in [0.1, 0.15) is 0 Å². The third-order valence-electron chi connectivity index (χ3n) is 2.06. The lowest BCUT2D eigenvalue weighted by Crippen LogP contribution is -2.21. The van der Waals surface area contributed by atoms with E-state index in [9.17, 15) is 4.79 Å². The fourth-order valence-corrected chi connectivity index (χ4v) is 1.32. The summed E-state index contributed by atoms with van der Waals surface area (Å²) in [5, 5.41) is 4.08. The fourth-order valence-electron chi connectivity index (χ4n) is 1.32. The first-order chi connectivity index (χ1) is 8.27. The molecule has 0 saturated heterocycles. The highest BCUT2D eigenvalue weighted by atomic mass is 16.2. The minimum Gasteiger partial charge on any atom is -0.249 e. The van der Waals surface area contributed by atoms with Crippen molar-refractivity contribution in [2.24, 2.45) is 10.8 Å². The minimum atomic E-state index is -0.651. The predicted octanol–water partition coefficient (Wildman–Crippen LogP) is 2.59. The van der Waals surface area contributed by atoms with E-state index in [-0.39, 0.29) is 0 Å². The summed E-state index contributed by atoms with van der Waals surface area (Å²) in [6.45, 7) is 0. The molecule has 0 fully saturated rings. The first-order valence-electron chi connectivity index (χ1n) is 5.04. The van der Waals surface area contributed by atoms with Gasteiger partial charge in [-0.05, 0) is 24.3 Å². The number of carbonyl (C=O) groups is 1. The van der Waals surface area contributed by atoms with E-state index in [2.05, 4.69) is 10.1 Å². The van der Waals surface area contributed by atoms with Gasteiger partial charge >= 0.3 is 6.03 Å². The maximum atomic E-state index is 11.3. The monoisotopic (exact) mass is 227 g/mol. The Hall–Kier alpha value is -2.56. The van der Waals surface area contributed by atoms with Gasteiger partial charge in [-0.3, -0.25) is 0 Å². The molecule has 5 nitrogen and oxygen atoms in total. The van der Waals surface area contributed by atoms with Crippen molar-refractivity contribution in [3.05, 3.63) is 54.7 Å². The number of amides is 2. The molecule has 0 aliphatic carbocycles. The molecular formula is C12H11N4O+. The lowest BCUT2D eigenvalue weighted by Gasteiger charge is -1.98. The van der Waals surface area contributed by atoms with Crippen molar-refractivity contribution in [2.75, 3.05) is 0 Å². The summed E-state index contributed by atoms with van der Waals surface area (Å²) in [6, 6.07) is 13.6. The summed E-state index contributed by atoms with van der Waals surface area (Å²) in [5.41, 5.74) is 5.88. The Morgan fingerprint density at radius 3 is 2.41 bits per heavy atom. The molecule has 0 aliphatic rings. The van der Waals surface area contributed by atoms with Crippen LogP contribution in [0, 0.1) is 0 Å². The van der Waals surface area contributed by atoms with E-state index in [1.165, 1.54) is 0 Å². The van der Waals surface area contributed by atoms with Gasteiger partial charge in [-0.15, -0.1) is 0 Å². The second kappa shape index (κ2) is 4.98.